The fraction of sp³-hybridized carbons (Fsp3) is 0.400. The summed E-state index contributed by atoms with van der Waals surface area (Å²) in [6.45, 7) is 8.36. The van der Waals surface area contributed by atoms with Gasteiger partial charge in [0, 0.05) is 11.8 Å². The molecule has 0 unspecified atom stereocenters. The topological polar surface area (TPSA) is 62.6 Å². The third-order valence-corrected chi connectivity index (χ3v) is 0.680. The van der Waals surface area contributed by atoms with E-state index in [-0.39, 0.29) is 0 Å². The first-order valence-electron chi connectivity index (χ1n) is 4.53. The zero-order chi connectivity index (χ0) is 13.6. The number of imide groups is 1. The molecule has 0 aromatic heterocycles. The summed E-state index contributed by atoms with van der Waals surface area (Å²) >= 11 is 4.80. The molecular formula is C10H21ClN3O2+. The third-order valence-electron chi connectivity index (χ3n) is 0.508. The molecule has 0 aliphatic rings. The first-order chi connectivity index (χ1) is 7.35. The zero-order valence-electron chi connectivity index (χ0n) is 10.3. The molecule has 16 heavy (non-hydrogen) atoms. The van der Waals surface area contributed by atoms with E-state index in [1.165, 1.54) is 4.90 Å². The molecule has 0 radical (unpaired) electrons. The maximum absolute atomic E-state index is 10.2. The number of quaternary nitrogens is 1. The second-order valence-corrected chi connectivity index (χ2v) is 3.21. The highest BCUT2D eigenvalue weighted by Gasteiger charge is 1.99. The van der Waals surface area contributed by atoms with Crippen molar-refractivity contribution in [3.8, 4) is 0 Å². The lowest BCUT2D eigenvalue weighted by Crippen LogP contribution is -3.02. The van der Waals surface area contributed by atoms with Crippen molar-refractivity contribution in [3.05, 3.63) is 25.3 Å². The zero-order valence-corrected chi connectivity index (χ0v) is 11.0. The number of allylic oxidation sites excluding steroid dienone is 1. The summed E-state index contributed by atoms with van der Waals surface area (Å²) in [6.07, 6.45) is 2.71. The van der Waals surface area contributed by atoms with Crippen LogP contribution >= 0.6 is 11.8 Å². The van der Waals surface area contributed by atoms with Gasteiger partial charge in [-0.05, 0) is 13.0 Å². The van der Waals surface area contributed by atoms with E-state index in [4.69, 9.17) is 11.8 Å². The van der Waals surface area contributed by atoms with E-state index in [0.29, 0.717) is 0 Å². The smallest absolute Gasteiger partial charge is 0.336 e. The largest absolute Gasteiger partial charge is 0.342 e. The summed E-state index contributed by atoms with van der Waals surface area (Å²) in [7, 11) is 6.25. The van der Waals surface area contributed by atoms with E-state index < -0.39 is 11.9 Å². The third kappa shape index (κ3) is 38.8. The monoisotopic (exact) mass is 250 g/mol. The maximum Gasteiger partial charge on any atom is 0.336 e. The average Bonchev–Trinajstić information content (AvgIpc) is 2.17. The van der Waals surface area contributed by atoms with Crippen LogP contribution in [0.4, 0.5) is 4.79 Å². The molecule has 0 aromatic rings. The summed E-state index contributed by atoms with van der Waals surface area (Å²) in [4.78, 5) is 23.5. The summed E-state index contributed by atoms with van der Waals surface area (Å²) in [5, 5.41) is 1.84. The highest BCUT2D eigenvalue weighted by atomic mass is 35.5. The lowest BCUT2D eigenvalue weighted by Gasteiger charge is -1.94. The Bertz CT molecular complexity index is 215. The van der Waals surface area contributed by atoms with Crippen LogP contribution in [0.2, 0.25) is 0 Å². The Kier molecular flexibility index (Phi) is 20.3. The molecule has 0 saturated heterocycles. The van der Waals surface area contributed by atoms with E-state index in [1.54, 1.807) is 10.9 Å². The Balaban J connectivity index is -0.000000201. The minimum atomic E-state index is -0.762. The summed E-state index contributed by atoms with van der Waals surface area (Å²) < 4.78 is 0. The van der Waals surface area contributed by atoms with Gasteiger partial charge in [-0.25, -0.2) is 9.63 Å². The van der Waals surface area contributed by atoms with Gasteiger partial charge >= 0.3 is 6.03 Å². The number of amides is 3. The minimum absolute atomic E-state index is 0.590. The van der Waals surface area contributed by atoms with Crippen LogP contribution < -0.4 is 15.1 Å². The molecule has 3 amide bonds. The summed E-state index contributed by atoms with van der Waals surface area (Å²) in [5.41, 5.74) is 0. The van der Waals surface area contributed by atoms with Crippen molar-refractivity contribution < 1.29 is 14.5 Å². The van der Waals surface area contributed by atoms with Gasteiger partial charge in [-0.1, -0.05) is 12.7 Å². The van der Waals surface area contributed by atoms with Crippen LogP contribution in [0.3, 0.4) is 0 Å². The summed E-state index contributed by atoms with van der Waals surface area (Å²) in [6, 6.07) is -0.762. The van der Waals surface area contributed by atoms with E-state index in [1.807, 2.05) is 12.2 Å². The fourth-order valence-electron chi connectivity index (χ4n) is 0.187. The Hall–Kier alpha value is -1.33. The van der Waals surface area contributed by atoms with Crippen molar-refractivity contribution >= 4 is 23.7 Å². The van der Waals surface area contributed by atoms with Crippen LogP contribution in [-0.4, -0.2) is 33.1 Å². The second-order valence-electron chi connectivity index (χ2n) is 3.03. The van der Waals surface area contributed by atoms with Gasteiger partial charge in [-0.2, -0.15) is 0 Å². The van der Waals surface area contributed by atoms with Gasteiger partial charge < -0.3 is 4.90 Å². The van der Waals surface area contributed by atoms with Crippen molar-refractivity contribution in [1.82, 2.24) is 10.2 Å². The van der Waals surface area contributed by atoms with Crippen LogP contribution in [0, 0.1) is 0 Å². The molecule has 94 valence electrons. The normalized spacial score (nSPS) is 7.38. The standard InChI is InChI=1S/C4H5ClN2O2.C3H9N.C3H6/c1-2-3(8)6-4(9)7-5;1-4(2)3;1-3-2/h2H,1H2,(H2,6,7,8,9);1-3H3;3H,1H2,2H3/p+1. The Labute approximate surface area is 102 Å². The highest BCUT2D eigenvalue weighted by Crippen LogP contribution is 1.69. The van der Waals surface area contributed by atoms with Crippen LogP contribution in [-0.2, 0) is 4.79 Å². The number of rotatable bonds is 1. The molecule has 6 heteroatoms. The number of carbonyl (C=O) groups excluding carboxylic acids is 2. The van der Waals surface area contributed by atoms with Crippen molar-refractivity contribution in [3.63, 3.8) is 0 Å². The van der Waals surface area contributed by atoms with Crippen molar-refractivity contribution in [2.75, 3.05) is 21.1 Å². The number of halogens is 1. The predicted molar refractivity (Wildman–Crippen MR) is 67.3 cm³/mol. The molecule has 0 heterocycles. The summed E-state index contributed by atoms with van der Waals surface area (Å²) in [5.74, 6) is -0.590. The number of nitrogens with one attached hydrogen (secondary N) is 3. The Morgan fingerprint density at radius 3 is 1.75 bits per heavy atom. The SMILES string of the molecule is C=CC.C=CC(=O)NC(=O)NCl.C[NH+](C)C. The van der Waals surface area contributed by atoms with Crippen molar-refractivity contribution in [2.45, 2.75) is 6.92 Å². The second kappa shape index (κ2) is 16.1. The lowest BCUT2D eigenvalue weighted by atomic mass is 10.6. The Morgan fingerprint density at radius 1 is 1.25 bits per heavy atom. The van der Waals surface area contributed by atoms with Gasteiger partial charge in [0.1, 0.15) is 0 Å². The average molecular weight is 251 g/mol. The van der Waals surface area contributed by atoms with E-state index >= 15 is 0 Å². The fourth-order valence-corrected chi connectivity index (χ4v) is 0.234. The molecule has 0 aromatic carbocycles. The molecule has 5 nitrogen and oxygen atoms in total. The van der Waals surface area contributed by atoms with E-state index in [9.17, 15) is 9.59 Å². The van der Waals surface area contributed by atoms with Crippen molar-refractivity contribution in [1.29, 1.82) is 0 Å². The maximum atomic E-state index is 10.2. The van der Waals surface area contributed by atoms with Gasteiger partial charge in [0.05, 0.1) is 21.1 Å². The van der Waals surface area contributed by atoms with E-state index in [2.05, 4.69) is 34.3 Å². The van der Waals surface area contributed by atoms with Crippen LogP contribution in [0.25, 0.3) is 0 Å². The van der Waals surface area contributed by atoms with Gasteiger partial charge in [-0.3, -0.25) is 10.1 Å². The van der Waals surface area contributed by atoms with E-state index in [0.717, 1.165) is 6.08 Å². The first-order valence-corrected chi connectivity index (χ1v) is 4.91. The molecule has 0 rings (SSSR count). The van der Waals surface area contributed by atoms with Crippen LogP contribution in [0.1, 0.15) is 6.92 Å². The lowest BCUT2D eigenvalue weighted by molar-refractivity contribution is -0.836. The quantitative estimate of drug-likeness (QED) is 0.351. The first kappa shape index (κ1) is 20.1. The molecule has 0 aliphatic heterocycles. The molecule has 0 saturated carbocycles. The van der Waals surface area contributed by atoms with Crippen LogP contribution in [0.5, 0.6) is 0 Å². The number of hydrogen-bond donors (Lipinski definition) is 3. The molecule has 0 spiro atoms. The van der Waals surface area contributed by atoms with Gasteiger partial charge in [0.15, 0.2) is 0 Å². The molecule has 0 atom stereocenters. The van der Waals surface area contributed by atoms with Crippen LogP contribution in [0.15, 0.2) is 25.3 Å². The predicted octanol–water partition coefficient (Wildman–Crippen LogP) is 0.105. The highest BCUT2D eigenvalue weighted by molar-refractivity contribution is 6.22. The minimum Gasteiger partial charge on any atom is -0.342 e. The van der Waals surface area contributed by atoms with Gasteiger partial charge in [-0.15, -0.1) is 6.58 Å². The number of urea groups is 1. The number of carbonyl (C=O) groups is 2. The Morgan fingerprint density at radius 2 is 1.56 bits per heavy atom. The molecule has 0 bridgehead atoms. The van der Waals surface area contributed by atoms with Gasteiger partial charge in [0.2, 0.25) is 0 Å². The molecule has 0 aliphatic carbocycles. The molecular weight excluding hydrogens is 230 g/mol. The molecule has 3 N–H and O–H groups in total. The van der Waals surface area contributed by atoms with Crippen molar-refractivity contribution in [2.24, 2.45) is 0 Å². The van der Waals surface area contributed by atoms with Gasteiger partial charge in [0.25, 0.3) is 5.91 Å². The molecule has 0 fully saturated rings. The number of hydrogen-bond acceptors (Lipinski definition) is 2.